The maximum atomic E-state index is 12.0. The highest BCUT2D eigenvalue weighted by atomic mass is 16.1. The van der Waals surface area contributed by atoms with E-state index in [0.29, 0.717) is 18.5 Å². The summed E-state index contributed by atoms with van der Waals surface area (Å²) in [6.45, 7) is 0.473. The van der Waals surface area contributed by atoms with Crippen LogP contribution in [-0.4, -0.2) is 22.2 Å². The molecule has 1 atom stereocenters. The van der Waals surface area contributed by atoms with Gasteiger partial charge in [0, 0.05) is 26.2 Å². The number of hydrogen-bond acceptors (Lipinski definition) is 3. The molecule has 0 fully saturated rings. The second-order valence-electron chi connectivity index (χ2n) is 4.49. The van der Waals surface area contributed by atoms with Gasteiger partial charge in [-0.3, -0.25) is 9.48 Å². The Balaban J connectivity index is 1.89. The smallest absolute Gasteiger partial charge is 0.241 e. The van der Waals surface area contributed by atoms with Crippen molar-refractivity contribution < 1.29 is 4.79 Å². The van der Waals surface area contributed by atoms with Gasteiger partial charge in [-0.2, -0.15) is 10.4 Å². The van der Waals surface area contributed by atoms with Crippen molar-refractivity contribution in [1.82, 2.24) is 15.1 Å². The molecular formula is C15H16N4O. The van der Waals surface area contributed by atoms with Crippen molar-refractivity contribution in [3.63, 3.8) is 0 Å². The summed E-state index contributed by atoms with van der Waals surface area (Å²) in [5, 5.41) is 16.2. The third-order valence-electron chi connectivity index (χ3n) is 2.97. The molecular weight excluding hydrogens is 252 g/mol. The molecule has 5 heteroatoms. The Morgan fingerprint density at radius 1 is 1.40 bits per heavy atom. The average Bonchev–Trinajstić information content (AvgIpc) is 2.86. The Labute approximate surface area is 117 Å². The van der Waals surface area contributed by atoms with Crippen molar-refractivity contribution in [3.8, 4) is 6.07 Å². The van der Waals surface area contributed by atoms with Gasteiger partial charge < -0.3 is 5.32 Å². The van der Waals surface area contributed by atoms with E-state index in [2.05, 4.69) is 10.4 Å². The molecule has 1 heterocycles. The first-order chi connectivity index (χ1) is 9.70. The third kappa shape index (κ3) is 3.45. The Morgan fingerprint density at radius 2 is 2.15 bits per heavy atom. The zero-order chi connectivity index (χ0) is 14.4. The van der Waals surface area contributed by atoms with Crippen LogP contribution in [0.3, 0.4) is 0 Å². The normalized spacial score (nSPS) is 11.6. The molecule has 2 aromatic rings. The SMILES string of the molecule is Cn1ccc(CCNC(=O)C(C#N)c2ccccc2)n1. The topological polar surface area (TPSA) is 70.7 Å². The zero-order valence-electron chi connectivity index (χ0n) is 11.3. The second kappa shape index (κ2) is 6.53. The summed E-state index contributed by atoms with van der Waals surface area (Å²) in [7, 11) is 1.85. The monoisotopic (exact) mass is 268 g/mol. The van der Waals surface area contributed by atoms with E-state index in [-0.39, 0.29) is 5.91 Å². The van der Waals surface area contributed by atoms with Crippen LogP contribution in [0, 0.1) is 11.3 Å². The lowest BCUT2D eigenvalue weighted by Gasteiger charge is -2.09. The number of carbonyl (C=O) groups excluding carboxylic acids is 1. The summed E-state index contributed by atoms with van der Waals surface area (Å²) in [5.41, 5.74) is 1.63. The number of benzene rings is 1. The summed E-state index contributed by atoms with van der Waals surface area (Å²) in [4.78, 5) is 12.0. The lowest BCUT2D eigenvalue weighted by atomic mass is 10.00. The molecule has 0 radical (unpaired) electrons. The van der Waals surface area contributed by atoms with E-state index in [4.69, 9.17) is 5.26 Å². The number of nitrogens with zero attached hydrogens (tertiary/aromatic N) is 3. The summed E-state index contributed by atoms with van der Waals surface area (Å²) < 4.78 is 1.72. The van der Waals surface area contributed by atoms with Crippen molar-refractivity contribution in [2.75, 3.05) is 6.54 Å². The van der Waals surface area contributed by atoms with E-state index in [1.54, 1.807) is 16.8 Å². The summed E-state index contributed by atoms with van der Waals surface area (Å²) >= 11 is 0. The molecule has 1 aromatic carbocycles. The molecule has 1 amide bonds. The summed E-state index contributed by atoms with van der Waals surface area (Å²) in [5.74, 6) is -1.03. The number of nitriles is 1. The number of aromatic nitrogens is 2. The van der Waals surface area contributed by atoms with Gasteiger partial charge in [-0.1, -0.05) is 30.3 Å². The maximum absolute atomic E-state index is 12.0. The van der Waals surface area contributed by atoms with Crippen LogP contribution in [0.15, 0.2) is 42.6 Å². The number of aryl methyl sites for hydroxylation is 1. The van der Waals surface area contributed by atoms with Crippen molar-refractivity contribution in [3.05, 3.63) is 53.9 Å². The van der Waals surface area contributed by atoms with Crippen molar-refractivity contribution in [1.29, 1.82) is 5.26 Å². The second-order valence-corrected chi connectivity index (χ2v) is 4.49. The number of amides is 1. The number of rotatable bonds is 5. The van der Waals surface area contributed by atoms with E-state index in [9.17, 15) is 4.79 Å². The maximum Gasteiger partial charge on any atom is 0.241 e. The lowest BCUT2D eigenvalue weighted by molar-refractivity contribution is -0.121. The molecule has 20 heavy (non-hydrogen) atoms. The van der Waals surface area contributed by atoms with E-state index in [1.165, 1.54) is 0 Å². The molecule has 0 saturated carbocycles. The van der Waals surface area contributed by atoms with E-state index < -0.39 is 5.92 Å². The van der Waals surface area contributed by atoms with Gasteiger partial charge in [0.15, 0.2) is 0 Å². The largest absolute Gasteiger partial charge is 0.354 e. The molecule has 1 aromatic heterocycles. The van der Waals surface area contributed by atoms with Crippen LogP contribution in [-0.2, 0) is 18.3 Å². The first-order valence-electron chi connectivity index (χ1n) is 6.41. The first kappa shape index (κ1) is 13.8. The molecule has 102 valence electrons. The quantitative estimate of drug-likeness (QED) is 0.890. The van der Waals surface area contributed by atoms with E-state index in [1.807, 2.05) is 43.6 Å². The van der Waals surface area contributed by atoms with E-state index >= 15 is 0 Å². The Kier molecular flexibility index (Phi) is 4.51. The Bertz CT molecular complexity index is 612. The van der Waals surface area contributed by atoms with Gasteiger partial charge in [0.05, 0.1) is 11.8 Å². The van der Waals surface area contributed by atoms with Crippen LogP contribution in [0.1, 0.15) is 17.2 Å². The minimum absolute atomic E-state index is 0.269. The van der Waals surface area contributed by atoms with Crippen LogP contribution in [0.25, 0.3) is 0 Å². The fourth-order valence-corrected chi connectivity index (χ4v) is 1.94. The molecule has 5 nitrogen and oxygen atoms in total. The van der Waals surface area contributed by atoms with Crippen molar-refractivity contribution in [2.45, 2.75) is 12.3 Å². The molecule has 0 aliphatic rings. The first-order valence-corrected chi connectivity index (χ1v) is 6.41. The van der Waals surface area contributed by atoms with Gasteiger partial charge in [0.2, 0.25) is 5.91 Å². The molecule has 0 spiro atoms. The van der Waals surface area contributed by atoms with Gasteiger partial charge in [0.25, 0.3) is 0 Å². The fraction of sp³-hybridized carbons (Fsp3) is 0.267. The van der Waals surface area contributed by atoms with Crippen molar-refractivity contribution >= 4 is 5.91 Å². The van der Waals surface area contributed by atoms with Gasteiger partial charge in [-0.15, -0.1) is 0 Å². The number of nitrogens with one attached hydrogen (secondary N) is 1. The predicted molar refractivity (Wildman–Crippen MR) is 74.7 cm³/mol. The lowest BCUT2D eigenvalue weighted by Crippen LogP contribution is -2.30. The molecule has 0 aliphatic heterocycles. The van der Waals surface area contributed by atoms with Gasteiger partial charge in [-0.25, -0.2) is 0 Å². The zero-order valence-corrected chi connectivity index (χ0v) is 11.3. The summed E-state index contributed by atoms with van der Waals surface area (Å²) in [6.07, 6.45) is 2.51. The van der Waals surface area contributed by atoms with Gasteiger partial charge in [0.1, 0.15) is 5.92 Å². The Morgan fingerprint density at radius 3 is 2.75 bits per heavy atom. The number of hydrogen-bond donors (Lipinski definition) is 1. The molecule has 2 rings (SSSR count). The molecule has 0 bridgehead atoms. The van der Waals surface area contributed by atoms with Crippen LogP contribution in [0.4, 0.5) is 0 Å². The molecule has 0 aliphatic carbocycles. The number of carbonyl (C=O) groups is 1. The van der Waals surface area contributed by atoms with E-state index in [0.717, 1.165) is 5.69 Å². The summed E-state index contributed by atoms with van der Waals surface area (Å²) in [6, 6.07) is 13.0. The fourth-order valence-electron chi connectivity index (χ4n) is 1.94. The molecule has 0 saturated heterocycles. The van der Waals surface area contributed by atoms with Crippen LogP contribution in [0.5, 0.6) is 0 Å². The average molecular weight is 268 g/mol. The van der Waals surface area contributed by atoms with Gasteiger partial charge in [-0.05, 0) is 11.6 Å². The highest BCUT2D eigenvalue weighted by Gasteiger charge is 2.19. The van der Waals surface area contributed by atoms with Crippen LogP contribution >= 0.6 is 0 Å². The van der Waals surface area contributed by atoms with Gasteiger partial charge >= 0.3 is 0 Å². The highest BCUT2D eigenvalue weighted by molar-refractivity contribution is 5.86. The minimum Gasteiger partial charge on any atom is -0.354 e. The Hall–Kier alpha value is -2.61. The molecule has 1 N–H and O–H groups in total. The molecule has 1 unspecified atom stereocenters. The third-order valence-corrected chi connectivity index (χ3v) is 2.97. The van der Waals surface area contributed by atoms with Crippen LogP contribution < -0.4 is 5.32 Å². The minimum atomic E-state index is -0.764. The van der Waals surface area contributed by atoms with Crippen molar-refractivity contribution in [2.24, 2.45) is 7.05 Å². The highest BCUT2D eigenvalue weighted by Crippen LogP contribution is 2.14. The van der Waals surface area contributed by atoms with Crippen LogP contribution in [0.2, 0.25) is 0 Å². The predicted octanol–water partition coefficient (Wildman–Crippen LogP) is 1.39. The standard InChI is InChI=1S/C15H16N4O/c1-19-10-8-13(18-19)7-9-17-15(20)14(11-16)12-5-3-2-4-6-12/h2-6,8,10,14H,7,9H2,1H3,(H,17,20).